The molecule has 1 aromatic heterocycles. The fourth-order valence-electron chi connectivity index (χ4n) is 3.76. The molecule has 0 unspecified atom stereocenters. The number of benzene rings is 2. The number of aromatic nitrogens is 1. The summed E-state index contributed by atoms with van der Waals surface area (Å²) >= 11 is 0. The molecule has 1 aliphatic carbocycles. The average Bonchev–Trinajstić information content (AvgIpc) is 2.74. The van der Waals surface area contributed by atoms with Gasteiger partial charge in [0.1, 0.15) is 6.04 Å². The van der Waals surface area contributed by atoms with Crippen LogP contribution in [0.3, 0.4) is 0 Å². The highest BCUT2D eigenvalue weighted by Crippen LogP contribution is 2.29. The van der Waals surface area contributed by atoms with E-state index in [1.807, 2.05) is 30.3 Å². The summed E-state index contributed by atoms with van der Waals surface area (Å²) < 4.78 is 10.3. The minimum Gasteiger partial charge on any atom is -0.467 e. The molecule has 0 radical (unpaired) electrons. The van der Waals surface area contributed by atoms with Crippen molar-refractivity contribution in [1.29, 1.82) is 0 Å². The SMILES string of the molecule is COC(=O)[C@H](Cc1ccccc1)Nc1nc2ccc(NC(=O)C3CCC3)c(C)c2c(=O)o1. The van der Waals surface area contributed by atoms with Crippen LogP contribution in [-0.2, 0) is 20.7 Å². The molecule has 1 atom stereocenters. The van der Waals surface area contributed by atoms with Crippen molar-refractivity contribution in [3.63, 3.8) is 0 Å². The highest BCUT2D eigenvalue weighted by Gasteiger charge is 2.26. The summed E-state index contributed by atoms with van der Waals surface area (Å²) in [7, 11) is 1.30. The maximum absolute atomic E-state index is 12.8. The van der Waals surface area contributed by atoms with Crippen molar-refractivity contribution < 1.29 is 18.7 Å². The predicted molar refractivity (Wildman–Crippen MR) is 121 cm³/mol. The first kappa shape index (κ1) is 21.5. The third-order valence-electron chi connectivity index (χ3n) is 5.86. The van der Waals surface area contributed by atoms with Crippen molar-refractivity contribution in [2.75, 3.05) is 17.7 Å². The number of aryl methyl sites for hydroxylation is 1. The molecule has 0 saturated heterocycles. The number of nitrogens with one attached hydrogen (secondary N) is 2. The monoisotopic (exact) mass is 435 g/mol. The third-order valence-corrected chi connectivity index (χ3v) is 5.86. The van der Waals surface area contributed by atoms with E-state index in [0.29, 0.717) is 28.6 Å². The molecule has 8 nitrogen and oxygen atoms in total. The van der Waals surface area contributed by atoms with Crippen molar-refractivity contribution in [1.82, 2.24) is 4.98 Å². The van der Waals surface area contributed by atoms with E-state index in [0.717, 1.165) is 24.8 Å². The van der Waals surface area contributed by atoms with Gasteiger partial charge in [0.2, 0.25) is 5.91 Å². The number of nitrogens with zero attached hydrogens (tertiary/aromatic N) is 1. The van der Waals surface area contributed by atoms with Gasteiger partial charge in [0, 0.05) is 18.0 Å². The number of fused-ring (bicyclic) bond motifs is 1. The molecule has 0 spiro atoms. The highest BCUT2D eigenvalue weighted by atomic mass is 16.5. The van der Waals surface area contributed by atoms with Gasteiger partial charge in [0.25, 0.3) is 6.01 Å². The van der Waals surface area contributed by atoms with E-state index in [2.05, 4.69) is 15.6 Å². The maximum atomic E-state index is 12.8. The summed E-state index contributed by atoms with van der Waals surface area (Å²) in [6.45, 7) is 1.75. The van der Waals surface area contributed by atoms with Crippen LogP contribution in [0.15, 0.2) is 51.7 Å². The van der Waals surface area contributed by atoms with Gasteiger partial charge < -0.3 is 19.8 Å². The van der Waals surface area contributed by atoms with E-state index in [-0.39, 0.29) is 17.8 Å². The lowest BCUT2D eigenvalue weighted by Crippen LogP contribution is -2.33. The summed E-state index contributed by atoms with van der Waals surface area (Å²) in [5.74, 6) is -0.495. The number of carbonyl (C=O) groups excluding carboxylic acids is 2. The second kappa shape index (κ2) is 9.21. The van der Waals surface area contributed by atoms with Crippen molar-refractivity contribution in [3.8, 4) is 0 Å². The lowest BCUT2D eigenvalue weighted by molar-refractivity contribution is -0.141. The van der Waals surface area contributed by atoms with E-state index in [9.17, 15) is 14.4 Å². The van der Waals surface area contributed by atoms with Gasteiger partial charge in [-0.2, -0.15) is 4.98 Å². The van der Waals surface area contributed by atoms with Gasteiger partial charge in [-0.3, -0.25) is 4.79 Å². The van der Waals surface area contributed by atoms with Crippen molar-refractivity contribution in [3.05, 3.63) is 64.0 Å². The second-order valence-corrected chi connectivity index (χ2v) is 7.97. The van der Waals surface area contributed by atoms with E-state index in [1.54, 1.807) is 19.1 Å². The molecule has 1 heterocycles. The third kappa shape index (κ3) is 4.49. The van der Waals surface area contributed by atoms with E-state index in [4.69, 9.17) is 9.15 Å². The smallest absolute Gasteiger partial charge is 0.348 e. The molecule has 8 heteroatoms. The number of hydrogen-bond donors (Lipinski definition) is 2. The molecule has 2 N–H and O–H groups in total. The average molecular weight is 435 g/mol. The van der Waals surface area contributed by atoms with Crippen LogP contribution in [0.25, 0.3) is 10.9 Å². The van der Waals surface area contributed by atoms with Crippen LogP contribution >= 0.6 is 0 Å². The standard InChI is InChI=1S/C24H25N3O5/c1-14-17(25-21(28)16-9-6-10-16)11-12-18-20(14)23(30)32-24(26-18)27-19(22(29)31-2)13-15-7-4-3-5-8-15/h3-5,7-8,11-12,16,19H,6,9-10,13H2,1-2H3,(H,25,28)(H,26,27)/t19-/m0/s1. The number of anilines is 2. The Balaban J connectivity index is 1.60. The lowest BCUT2D eigenvalue weighted by Gasteiger charge is -2.24. The summed E-state index contributed by atoms with van der Waals surface area (Å²) in [6.07, 6.45) is 3.18. The molecule has 0 bridgehead atoms. The van der Waals surface area contributed by atoms with E-state index in [1.165, 1.54) is 7.11 Å². The van der Waals surface area contributed by atoms with E-state index < -0.39 is 17.6 Å². The fourth-order valence-corrected chi connectivity index (χ4v) is 3.76. The molecule has 166 valence electrons. The van der Waals surface area contributed by atoms with Crippen LogP contribution in [0.2, 0.25) is 0 Å². The Bertz CT molecular complexity index is 1200. The first-order chi connectivity index (χ1) is 15.5. The maximum Gasteiger partial charge on any atom is 0.348 e. The molecule has 0 aliphatic heterocycles. The van der Waals surface area contributed by atoms with Crippen LogP contribution in [0, 0.1) is 12.8 Å². The Hall–Kier alpha value is -3.68. The van der Waals surface area contributed by atoms with Gasteiger partial charge >= 0.3 is 11.6 Å². The Morgan fingerprint density at radius 2 is 1.94 bits per heavy atom. The molecule has 3 aromatic rings. The van der Waals surface area contributed by atoms with Gasteiger partial charge in [0.05, 0.1) is 18.0 Å². The summed E-state index contributed by atoms with van der Waals surface area (Å²) in [5.41, 5.74) is 1.89. The molecule has 2 aromatic carbocycles. The predicted octanol–water partition coefficient (Wildman–Crippen LogP) is 3.43. The van der Waals surface area contributed by atoms with Gasteiger partial charge in [-0.25, -0.2) is 9.59 Å². The number of amides is 1. The van der Waals surface area contributed by atoms with Gasteiger partial charge in [-0.1, -0.05) is 36.8 Å². The van der Waals surface area contributed by atoms with Crippen LogP contribution in [-0.4, -0.2) is 30.0 Å². The molecular weight excluding hydrogens is 410 g/mol. The van der Waals surface area contributed by atoms with Crippen LogP contribution in [0.4, 0.5) is 11.7 Å². The van der Waals surface area contributed by atoms with Gasteiger partial charge in [-0.15, -0.1) is 0 Å². The first-order valence-corrected chi connectivity index (χ1v) is 10.6. The molecular formula is C24H25N3O5. The first-order valence-electron chi connectivity index (χ1n) is 10.6. The summed E-state index contributed by atoms with van der Waals surface area (Å²) in [4.78, 5) is 41.7. The fraction of sp³-hybridized carbons (Fsp3) is 0.333. The van der Waals surface area contributed by atoms with Crippen LogP contribution in [0.5, 0.6) is 0 Å². The number of rotatable bonds is 7. The normalized spacial score (nSPS) is 14.4. The molecule has 1 saturated carbocycles. The van der Waals surface area contributed by atoms with Crippen molar-refractivity contribution in [2.45, 2.75) is 38.6 Å². The van der Waals surface area contributed by atoms with E-state index >= 15 is 0 Å². The number of ether oxygens (including phenoxy) is 1. The van der Waals surface area contributed by atoms with Gasteiger partial charge in [0.15, 0.2) is 0 Å². The Morgan fingerprint density at radius 3 is 2.59 bits per heavy atom. The zero-order chi connectivity index (χ0) is 22.7. The van der Waals surface area contributed by atoms with Crippen molar-refractivity contribution >= 4 is 34.5 Å². The zero-order valence-corrected chi connectivity index (χ0v) is 18.0. The minimum absolute atomic E-state index is 0.0313. The zero-order valence-electron chi connectivity index (χ0n) is 18.0. The molecule has 1 fully saturated rings. The number of hydrogen-bond acceptors (Lipinski definition) is 7. The van der Waals surface area contributed by atoms with Crippen LogP contribution in [0.1, 0.15) is 30.4 Å². The quantitative estimate of drug-likeness (QED) is 0.547. The van der Waals surface area contributed by atoms with Crippen molar-refractivity contribution in [2.24, 2.45) is 5.92 Å². The summed E-state index contributed by atoms with van der Waals surface area (Å²) in [6, 6.07) is 12.0. The number of methoxy groups -OCH3 is 1. The minimum atomic E-state index is -0.780. The molecule has 32 heavy (non-hydrogen) atoms. The molecule has 4 rings (SSSR count). The van der Waals surface area contributed by atoms with Crippen LogP contribution < -0.4 is 16.3 Å². The summed E-state index contributed by atoms with van der Waals surface area (Å²) in [5, 5.41) is 6.08. The lowest BCUT2D eigenvalue weighted by atomic mass is 9.85. The Kier molecular flexibility index (Phi) is 6.20. The van der Waals surface area contributed by atoms with Gasteiger partial charge in [-0.05, 0) is 43.0 Å². The molecule has 1 aliphatic rings. The topological polar surface area (TPSA) is 111 Å². The Morgan fingerprint density at radius 1 is 1.19 bits per heavy atom. The Labute approximate surface area is 185 Å². The number of carbonyl (C=O) groups is 2. The second-order valence-electron chi connectivity index (χ2n) is 7.97. The highest BCUT2D eigenvalue weighted by molar-refractivity contribution is 5.97. The molecule has 1 amide bonds. The largest absolute Gasteiger partial charge is 0.467 e. The number of esters is 1.